The van der Waals surface area contributed by atoms with Gasteiger partial charge in [0.15, 0.2) is 0 Å². The first kappa shape index (κ1) is 16.5. The van der Waals surface area contributed by atoms with Crippen LogP contribution in [0.15, 0.2) is 28.7 Å². The molecular formula is C17H24BrNO2. The van der Waals surface area contributed by atoms with Crippen LogP contribution < -0.4 is 0 Å². The molecule has 1 heterocycles. The highest BCUT2D eigenvalue weighted by Gasteiger charge is 2.26. The monoisotopic (exact) mass is 353 g/mol. The number of halogens is 1. The van der Waals surface area contributed by atoms with Crippen LogP contribution in [-0.4, -0.2) is 35.6 Å². The second-order valence-electron chi connectivity index (χ2n) is 6.05. The summed E-state index contributed by atoms with van der Waals surface area (Å²) in [6.45, 7) is 7.31. The van der Waals surface area contributed by atoms with Crippen molar-refractivity contribution in [2.75, 3.05) is 6.54 Å². The third-order valence-electron chi connectivity index (χ3n) is 4.23. The van der Waals surface area contributed by atoms with Crippen LogP contribution >= 0.6 is 15.9 Å². The number of hydrogen-bond donors (Lipinski definition) is 0. The van der Waals surface area contributed by atoms with Crippen molar-refractivity contribution in [3.63, 3.8) is 0 Å². The van der Waals surface area contributed by atoms with Crippen molar-refractivity contribution in [2.45, 2.75) is 58.2 Å². The molecule has 0 aromatic heterocycles. The number of carbonyl (C=O) groups excluding carboxylic acids is 1. The molecule has 3 nitrogen and oxygen atoms in total. The van der Waals surface area contributed by atoms with Crippen molar-refractivity contribution in [2.24, 2.45) is 0 Å². The average Bonchev–Trinajstić information content (AvgIpc) is 2.43. The molecule has 0 amide bonds. The minimum Gasteiger partial charge on any atom is -0.458 e. The Morgan fingerprint density at radius 1 is 1.29 bits per heavy atom. The first-order chi connectivity index (χ1) is 9.97. The minimum atomic E-state index is -0.243. The van der Waals surface area contributed by atoms with E-state index in [1.807, 2.05) is 19.1 Å². The fourth-order valence-corrected chi connectivity index (χ4v) is 3.27. The van der Waals surface area contributed by atoms with Crippen LogP contribution in [-0.2, 0) is 4.74 Å². The molecule has 4 heteroatoms. The third kappa shape index (κ3) is 4.55. The van der Waals surface area contributed by atoms with Crippen LogP contribution in [0.4, 0.5) is 0 Å². The Bertz CT molecular complexity index is 464. The Kier molecular flexibility index (Phi) is 5.82. The van der Waals surface area contributed by atoms with Gasteiger partial charge in [-0.3, -0.25) is 4.90 Å². The summed E-state index contributed by atoms with van der Waals surface area (Å²) >= 11 is 3.37. The molecule has 1 aromatic rings. The van der Waals surface area contributed by atoms with Crippen molar-refractivity contribution in [3.05, 3.63) is 34.3 Å². The molecule has 2 rings (SSSR count). The Balaban J connectivity index is 1.90. The maximum Gasteiger partial charge on any atom is 0.338 e. The molecule has 21 heavy (non-hydrogen) atoms. The summed E-state index contributed by atoms with van der Waals surface area (Å²) in [6, 6.07) is 8.42. The van der Waals surface area contributed by atoms with Gasteiger partial charge < -0.3 is 4.74 Å². The summed E-state index contributed by atoms with van der Waals surface area (Å²) in [5, 5.41) is 0. The van der Waals surface area contributed by atoms with Gasteiger partial charge in [-0.2, -0.15) is 0 Å². The predicted octanol–water partition coefficient (Wildman–Crippen LogP) is 4.26. The lowest BCUT2D eigenvalue weighted by Crippen LogP contribution is -2.47. The van der Waals surface area contributed by atoms with Crippen LogP contribution in [0, 0.1) is 0 Å². The summed E-state index contributed by atoms with van der Waals surface area (Å²) in [4.78, 5) is 14.6. The van der Waals surface area contributed by atoms with Gasteiger partial charge in [0.25, 0.3) is 0 Å². The van der Waals surface area contributed by atoms with E-state index in [9.17, 15) is 4.79 Å². The van der Waals surface area contributed by atoms with Gasteiger partial charge in [-0.1, -0.05) is 22.4 Å². The first-order valence-electron chi connectivity index (χ1n) is 7.69. The van der Waals surface area contributed by atoms with Gasteiger partial charge in [0, 0.05) is 23.1 Å². The van der Waals surface area contributed by atoms with Crippen molar-refractivity contribution in [3.8, 4) is 0 Å². The number of benzene rings is 1. The van der Waals surface area contributed by atoms with Crippen LogP contribution in [0.3, 0.4) is 0 Å². The van der Waals surface area contributed by atoms with E-state index in [2.05, 4.69) is 34.7 Å². The number of ether oxygens (including phenoxy) is 1. The SMILES string of the molecule is C[C@H](CN1[C@H](C)CCC[C@@H]1C)OC(=O)c1ccc(Br)cc1. The van der Waals surface area contributed by atoms with Crippen molar-refractivity contribution < 1.29 is 9.53 Å². The highest BCUT2D eigenvalue weighted by molar-refractivity contribution is 9.10. The van der Waals surface area contributed by atoms with Gasteiger partial charge in [0.1, 0.15) is 6.10 Å². The first-order valence-corrected chi connectivity index (χ1v) is 8.49. The maximum atomic E-state index is 12.1. The third-order valence-corrected chi connectivity index (χ3v) is 4.76. The minimum absolute atomic E-state index is 0.0934. The van der Waals surface area contributed by atoms with E-state index in [1.54, 1.807) is 12.1 Å². The van der Waals surface area contributed by atoms with E-state index in [0.717, 1.165) is 11.0 Å². The van der Waals surface area contributed by atoms with Crippen LogP contribution in [0.5, 0.6) is 0 Å². The molecule has 1 aliphatic heterocycles. The summed E-state index contributed by atoms with van der Waals surface area (Å²) in [5.74, 6) is -0.243. The van der Waals surface area contributed by atoms with Gasteiger partial charge in [0.2, 0.25) is 0 Å². The molecule has 0 N–H and O–H groups in total. The number of nitrogens with zero attached hydrogens (tertiary/aromatic N) is 1. The Morgan fingerprint density at radius 3 is 2.43 bits per heavy atom. The van der Waals surface area contributed by atoms with Crippen LogP contribution in [0.25, 0.3) is 0 Å². The van der Waals surface area contributed by atoms with Gasteiger partial charge in [0.05, 0.1) is 5.56 Å². The topological polar surface area (TPSA) is 29.5 Å². The summed E-state index contributed by atoms with van der Waals surface area (Å²) in [5.41, 5.74) is 0.602. The molecule has 1 saturated heterocycles. The van der Waals surface area contributed by atoms with E-state index in [4.69, 9.17) is 4.74 Å². The fourth-order valence-electron chi connectivity index (χ4n) is 3.01. The molecule has 1 fully saturated rings. The molecule has 116 valence electrons. The van der Waals surface area contributed by atoms with Gasteiger partial charge in [-0.15, -0.1) is 0 Å². The maximum absolute atomic E-state index is 12.1. The predicted molar refractivity (Wildman–Crippen MR) is 88.5 cm³/mol. The number of rotatable bonds is 4. The lowest BCUT2D eigenvalue weighted by atomic mass is 9.97. The Hall–Kier alpha value is -0.870. The number of likely N-dealkylation sites (tertiary alicyclic amines) is 1. The van der Waals surface area contributed by atoms with Crippen LogP contribution in [0.2, 0.25) is 0 Å². The number of hydrogen-bond acceptors (Lipinski definition) is 3. The highest BCUT2D eigenvalue weighted by atomic mass is 79.9. The number of piperidine rings is 1. The van der Waals surface area contributed by atoms with E-state index in [-0.39, 0.29) is 12.1 Å². The molecular weight excluding hydrogens is 330 g/mol. The molecule has 0 unspecified atom stereocenters. The number of esters is 1. The summed E-state index contributed by atoms with van der Waals surface area (Å²) in [6.07, 6.45) is 3.67. The van der Waals surface area contributed by atoms with Crippen molar-refractivity contribution >= 4 is 21.9 Å². The average molecular weight is 354 g/mol. The number of carbonyl (C=O) groups is 1. The quantitative estimate of drug-likeness (QED) is 0.757. The molecule has 0 saturated carbocycles. The van der Waals surface area contributed by atoms with Gasteiger partial charge in [-0.05, 0) is 57.9 Å². The molecule has 0 aliphatic carbocycles. The van der Waals surface area contributed by atoms with E-state index >= 15 is 0 Å². The molecule has 1 aromatic carbocycles. The molecule has 0 spiro atoms. The van der Waals surface area contributed by atoms with E-state index < -0.39 is 0 Å². The van der Waals surface area contributed by atoms with Crippen LogP contribution in [0.1, 0.15) is 50.4 Å². The molecule has 1 aliphatic rings. The van der Waals surface area contributed by atoms with Crippen molar-refractivity contribution in [1.82, 2.24) is 4.90 Å². The fraction of sp³-hybridized carbons (Fsp3) is 0.588. The zero-order valence-electron chi connectivity index (χ0n) is 13.0. The zero-order chi connectivity index (χ0) is 15.4. The largest absolute Gasteiger partial charge is 0.458 e. The Morgan fingerprint density at radius 2 is 1.86 bits per heavy atom. The second kappa shape index (κ2) is 7.41. The van der Waals surface area contributed by atoms with E-state index in [1.165, 1.54) is 19.3 Å². The second-order valence-corrected chi connectivity index (χ2v) is 6.96. The molecule has 0 bridgehead atoms. The van der Waals surface area contributed by atoms with E-state index in [0.29, 0.717) is 17.6 Å². The lowest BCUT2D eigenvalue weighted by molar-refractivity contribution is 0.00812. The summed E-state index contributed by atoms with van der Waals surface area (Å²) in [7, 11) is 0. The highest BCUT2D eigenvalue weighted by Crippen LogP contribution is 2.23. The normalized spacial score (nSPS) is 24.6. The van der Waals surface area contributed by atoms with Gasteiger partial charge in [-0.25, -0.2) is 4.79 Å². The Labute approximate surface area is 135 Å². The zero-order valence-corrected chi connectivity index (χ0v) is 14.6. The van der Waals surface area contributed by atoms with Gasteiger partial charge >= 0.3 is 5.97 Å². The lowest BCUT2D eigenvalue weighted by Gasteiger charge is -2.40. The smallest absolute Gasteiger partial charge is 0.338 e. The summed E-state index contributed by atoms with van der Waals surface area (Å²) < 4.78 is 6.54. The molecule has 0 radical (unpaired) electrons. The standard InChI is InChI=1S/C17H24BrNO2/c1-12-5-4-6-13(2)19(12)11-14(3)21-17(20)15-7-9-16(18)10-8-15/h7-10,12-14H,4-6,11H2,1-3H3/t12-,13+,14-/m1/s1. The molecule has 3 atom stereocenters. The van der Waals surface area contributed by atoms with Crippen molar-refractivity contribution in [1.29, 1.82) is 0 Å².